The maximum Gasteiger partial charge on any atom is 0.207 e. The Bertz CT molecular complexity index is 674. The fourth-order valence-corrected chi connectivity index (χ4v) is 2.93. The van der Waals surface area contributed by atoms with Crippen LogP contribution in [0.4, 0.5) is 5.95 Å². The molecule has 0 bridgehead atoms. The minimum absolute atomic E-state index is 0.496. The Morgan fingerprint density at radius 1 is 1.30 bits per heavy atom. The number of rotatable bonds is 2. The van der Waals surface area contributed by atoms with Gasteiger partial charge >= 0.3 is 0 Å². The highest BCUT2D eigenvalue weighted by atomic mass is 35.5. The number of halogens is 1. The van der Waals surface area contributed by atoms with Crippen LogP contribution in [0.2, 0.25) is 5.15 Å². The number of imidazole rings is 1. The van der Waals surface area contributed by atoms with Crippen molar-refractivity contribution in [1.82, 2.24) is 14.5 Å². The molecule has 0 aromatic carbocycles. The molecule has 0 saturated carbocycles. The predicted octanol–water partition coefficient (Wildman–Crippen LogP) is 3.10. The van der Waals surface area contributed by atoms with E-state index in [0.29, 0.717) is 11.7 Å². The summed E-state index contributed by atoms with van der Waals surface area (Å²) in [7, 11) is 0. The van der Waals surface area contributed by atoms with Crippen LogP contribution in [0.1, 0.15) is 26.2 Å². The van der Waals surface area contributed by atoms with Crippen LogP contribution >= 0.6 is 11.6 Å². The van der Waals surface area contributed by atoms with Crippen LogP contribution in [0.25, 0.3) is 11.0 Å². The van der Waals surface area contributed by atoms with Gasteiger partial charge in [-0.2, -0.15) is 0 Å². The lowest BCUT2D eigenvalue weighted by molar-refractivity contribution is 0.561. The Hall–Kier alpha value is -1.73. The molecule has 1 aliphatic rings. The van der Waals surface area contributed by atoms with Crippen LogP contribution in [0.15, 0.2) is 12.3 Å². The van der Waals surface area contributed by atoms with E-state index in [4.69, 9.17) is 16.6 Å². The quantitative estimate of drug-likeness (QED) is 0.629. The molecule has 1 saturated heterocycles. The van der Waals surface area contributed by atoms with Crippen LogP contribution in [0.5, 0.6) is 0 Å². The number of nitrogens with zero attached hydrogens (tertiary/aromatic N) is 4. The Morgan fingerprint density at radius 2 is 2.10 bits per heavy atom. The van der Waals surface area contributed by atoms with Gasteiger partial charge in [-0.25, -0.2) is 9.97 Å². The van der Waals surface area contributed by atoms with Gasteiger partial charge in [-0.1, -0.05) is 17.5 Å². The third-order valence-corrected chi connectivity index (χ3v) is 3.92. The standard InChI is InChI=1S/C15H17ClN4/c1-2-3-11-20-13-12(7-8-17-14(13)16)18-15(20)19-9-5-4-6-10-19/h7-8H,4-6,9-11H2,1H3. The number of aromatic nitrogens is 3. The molecule has 0 atom stereocenters. The summed E-state index contributed by atoms with van der Waals surface area (Å²) in [4.78, 5) is 11.2. The Balaban J connectivity index is 2.13. The minimum atomic E-state index is 0.496. The van der Waals surface area contributed by atoms with Gasteiger partial charge < -0.3 is 4.90 Å². The topological polar surface area (TPSA) is 34.0 Å². The zero-order valence-corrected chi connectivity index (χ0v) is 12.3. The van der Waals surface area contributed by atoms with Crippen molar-refractivity contribution in [3.8, 4) is 11.8 Å². The van der Waals surface area contributed by atoms with E-state index in [1.165, 1.54) is 19.3 Å². The highest BCUT2D eigenvalue weighted by Gasteiger charge is 2.20. The molecule has 5 heteroatoms. The third-order valence-electron chi connectivity index (χ3n) is 3.64. The number of piperidine rings is 1. The lowest BCUT2D eigenvalue weighted by atomic mass is 10.1. The Morgan fingerprint density at radius 3 is 2.85 bits per heavy atom. The summed E-state index contributed by atoms with van der Waals surface area (Å²) in [5.74, 6) is 7.02. The van der Waals surface area contributed by atoms with Crippen LogP contribution in [-0.4, -0.2) is 27.6 Å². The van der Waals surface area contributed by atoms with Crippen molar-refractivity contribution in [3.05, 3.63) is 17.4 Å². The molecule has 2 aromatic rings. The third kappa shape index (κ3) is 2.34. The summed E-state index contributed by atoms with van der Waals surface area (Å²) >= 11 is 6.25. The summed E-state index contributed by atoms with van der Waals surface area (Å²) in [6.07, 6.45) is 5.44. The van der Waals surface area contributed by atoms with Crippen molar-refractivity contribution in [2.45, 2.75) is 32.7 Å². The first-order valence-corrected chi connectivity index (χ1v) is 7.34. The van der Waals surface area contributed by atoms with Gasteiger partial charge in [0.05, 0.1) is 12.1 Å². The largest absolute Gasteiger partial charge is 0.342 e. The first-order chi connectivity index (χ1) is 9.81. The Kier molecular flexibility index (Phi) is 3.79. The molecule has 3 rings (SSSR count). The van der Waals surface area contributed by atoms with Crippen LogP contribution < -0.4 is 4.90 Å². The summed E-state index contributed by atoms with van der Waals surface area (Å²) in [5, 5.41) is 0.496. The molecule has 0 amide bonds. The van der Waals surface area contributed by atoms with Gasteiger partial charge in [0.25, 0.3) is 0 Å². The van der Waals surface area contributed by atoms with Gasteiger partial charge in [-0.15, -0.1) is 5.92 Å². The van der Waals surface area contributed by atoms with Gasteiger partial charge in [0.1, 0.15) is 5.52 Å². The summed E-state index contributed by atoms with van der Waals surface area (Å²) in [6, 6.07) is 1.91. The van der Waals surface area contributed by atoms with Gasteiger partial charge in [0.15, 0.2) is 5.15 Å². The van der Waals surface area contributed by atoms with E-state index in [0.717, 1.165) is 30.1 Å². The van der Waals surface area contributed by atoms with Gasteiger partial charge in [0.2, 0.25) is 5.95 Å². The smallest absolute Gasteiger partial charge is 0.207 e. The fraction of sp³-hybridized carbons (Fsp3) is 0.467. The van der Waals surface area contributed by atoms with Gasteiger partial charge in [0, 0.05) is 19.3 Å². The first kappa shape index (κ1) is 13.3. The van der Waals surface area contributed by atoms with Crippen LogP contribution in [-0.2, 0) is 6.54 Å². The van der Waals surface area contributed by atoms with E-state index in [2.05, 4.69) is 26.3 Å². The monoisotopic (exact) mass is 288 g/mol. The second-order valence-electron chi connectivity index (χ2n) is 4.94. The average molecular weight is 289 g/mol. The van der Waals surface area contributed by atoms with Crippen LogP contribution in [0.3, 0.4) is 0 Å². The summed E-state index contributed by atoms with van der Waals surface area (Å²) < 4.78 is 2.09. The number of fused-ring (bicyclic) bond motifs is 1. The van der Waals surface area contributed by atoms with Crippen LogP contribution in [0, 0.1) is 11.8 Å². The molecule has 0 unspecified atom stereocenters. The predicted molar refractivity (Wildman–Crippen MR) is 82.1 cm³/mol. The molecule has 0 spiro atoms. The van der Waals surface area contributed by atoms with Crippen molar-refractivity contribution in [1.29, 1.82) is 0 Å². The molecule has 1 fully saturated rings. The molecule has 1 aliphatic heterocycles. The van der Waals surface area contributed by atoms with E-state index >= 15 is 0 Å². The van der Waals surface area contributed by atoms with Crippen molar-refractivity contribution in [2.75, 3.05) is 18.0 Å². The summed E-state index contributed by atoms with van der Waals surface area (Å²) in [5.41, 5.74) is 1.78. The number of anilines is 1. The van der Waals surface area contributed by atoms with Crippen molar-refractivity contribution in [3.63, 3.8) is 0 Å². The van der Waals surface area contributed by atoms with Crippen molar-refractivity contribution < 1.29 is 0 Å². The van der Waals surface area contributed by atoms with E-state index in [1.807, 2.05) is 13.0 Å². The van der Waals surface area contributed by atoms with E-state index in [1.54, 1.807) is 6.20 Å². The van der Waals surface area contributed by atoms with Gasteiger partial charge in [-0.3, -0.25) is 4.57 Å². The van der Waals surface area contributed by atoms with E-state index < -0.39 is 0 Å². The zero-order valence-electron chi connectivity index (χ0n) is 11.6. The highest BCUT2D eigenvalue weighted by molar-refractivity contribution is 6.33. The van der Waals surface area contributed by atoms with E-state index in [-0.39, 0.29) is 0 Å². The molecule has 20 heavy (non-hydrogen) atoms. The molecule has 3 heterocycles. The minimum Gasteiger partial charge on any atom is -0.342 e. The zero-order chi connectivity index (χ0) is 13.9. The molecule has 0 radical (unpaired) electrons. The normalized spacial score (nSPS) is 15.2. The average Bonchev–Trinajstić information content (AvgIpc) is 2.86. The molecular weight excluding hydrogens is 272 g/mol. The summed E-state index contributed by atoms with van der Waals surface area (Å²) in [6.45, 7) is 4.55. The second kappa shape index (κ2) is 5.72. The number of pyridine rings is 1. The number of hydrogen-bond acceptors (Lipinski definition) is 3. The first-order valence-electron chi connectivity index (χ1n) is 6.96. The van der Waals surface area contributed by atoms with Crippen molar-refractivity contribution >= 4 is 28.6 Å². The highest BCUT2D eigenvalue weighted by Crippen LogP contribution is 2.28. The molecule has 0 N–H and O–H groups in total. The number of hydrogen-bond donors (Lipinski definition) is 0. The lowest BCUT2D eigenvalue weighted by Crippen LogP contribution is -2.31. The maximum absolute atomic E-state index is 6.25. The lowest BCUT2D eigenvalue weighted by Gasteiger charge is -2.27. The molecule has 0 aliphatic carbocycles. The van der Waals surface area contributed by atoms with Gasteiger partial charge in [-0.05, 0) is 32.3 Å². The second-order valence-corrected chi connectivity index (χ2v) is 5.30. The fourth-order valence-electron chi connectivity index (χ4n) is 2.67. The van der Waals surface area contributed by atoms with Crippen molar-refractivity contribution in [2.24, 2.45) is 0 Å². The Labute approximate surface area is 123 Å². The molecular formula is C15H17ClN4. The SMILES string of the molecule is CC#CCn1c(N2CCCCC2)nc2ccnc(Cl)c21. The molecule has 2 aromatic heterocycles. The molecule has 104 valence electrons. The van der Waals surface area contributed by atoms with E-state index in [9.17, 15) is 0 Å². The maximum atomic E-state index is 6.25. The molecule has 4 nitrogen and oxygen atoms in total.